The van der Waals surface area contributed by atoms with Crippen LogP contribution in [0.5, 0.6) is 0 Å². The lowest BCUT2D eigenvalue weighted by atomic mass is 10.1. The van der Waals surface area contributed by atoms with Crippen LogP contribution in [0.4, 0.5) is 0 Å². The highest BCUT2D eigenvalue weighted by Gasteiger charge is 2.34. The van der Waals surface area contributed by atoms with Crippen molar-refractivity contribution in [1.82, 2.24) is 19.7 Å². The maximum absolute atomic E-state index is 13.8. The molecule has 1 aliphatic carbocycles. The zero-order valence-corrected chi connectivity index (χ0v) is 18.0. The first kappa shape index (κ1) is 19.0. The number of fused-ring (bicyclic) bond motifs is 1. The Bertz CT molecular complexity index is 1180. The minimum absolute atomic E-state index is 0.0683. The summed E-state index contributed by atoms with van der Waals surface area (Å²) in [6.45, 7) is 4.82. The number of aromatic nitrogens is 3. The van der Waals surface area contributed by atoms with Gasteiger partial charge in [0.2, 0.25) is 0 Å². The van der Waals surface area contributed by atoms with Crippen LogP contribution >= 0.6 is 11.3 Å². The van der Waals surface area contributed by atoms with E-state index in [9.17, 15) is 4.79 Å². The van der Waals surface area contributed by atoms with E-state index in [1.807, 2.05) is 52.0 Å². The van der Waals surface area contributed by atoms with Crippen molar-refractivity contribution in [2.45, 2.75) is 45.3 Å². The summed E-state index contributed by atoms with van der Waals surface area (Å²) in [6.07, 6.45) is 3.94. The van der Waals surface area contributed by atoms with Crippen molar-refractivity contribution >= 4 is 28.3 Å². The molecule has 5 nitrogen and oxygen atoms in total. The lowest BCUT2D eigenvalue weighted by molar-refractivity contribution is 0.0733. The minimum atomic E-state index is 0.0683. The fourth-order valence-corrected chi connectivity index (χ4v) is 4.51. The molecule has 6 heteroatoms. The third kappa shape index (κ3) is 3.52. The Morgan fingerprint density at radius 2 is 2.00 bits per heavy atom. The van der Waals surface area contributed by atoms with Gasteiger partial charge in [-0.2, -0.15) is 5.10 Å². The number of amides is 1. The number of rotatable bonds is 6. The van der Waals surface area contributed by atoms with Crippen LogP contribution in [0.1, 0.15) is 48.0 Å². The molecule has 0 radical (unpaired) electrons. The van der Waals surface area contributed by atoms with Crippen molar-refractivity contribution in [3.05, 3.63) is 70.5 Å². The molecule has 1 amide bonds. The highest BCUT2D eigenvalue weighted by Crippen LogP contribution is 2.33. The second-order valence-electron chi connectivity index (χ2n) is 8.08. The lowest BCUT2D eigenvalue weighted by Crippen LogP contribution is -2.32. The van der Waals surface area contributed by atoms with Gasteiger partial charge < -0.3 is 4.90 Å². The summed E-state index contributed by atoms with van der Waals surface area (Å²) in [4.78, 5) is 21.9. The molecule has 0 bridgehead atoms. The summed E-state index contributed by atoms with van der Waals surface area (Å²) in [5, 5.41) is 7.44. The van der Waals surface area contributed by atoms with E-state index in [1.165, 1.54) is 4.88 Å². The van der Waals surface area contributed by atoms with Gasteiger partial charge in [0.25, 0.3) is 5.91 Å². The number of hydrogen-bond donors (Lipinski definition) is 0. The van der Waals surface area contributed by atoms with Crippen LogP contribution in [0.3, 0.4) is 0 Å². The molecule has 3 heterocycles. The molecule has 30 heavy (non-hydrogen) atoms. The van der Waals surface area contributed by atoms with Crippen LogP contribution < -0.4 is 0 Å². The minimum Gasteiger partial charge on any atom is -0.330 e. The zero-order valence-electron chi connectivity index (χ0n) is 17.2. The first-order valence-electron chi connectivity index (χ1n) is 10.4. The molecule has 0 spiro atoms. The van der Waals surface area contributed by atoms with Gasteiger partial charge in [0.1, 0.15) is 0 Å². The monoisotopic (exact) mass is 416 g/mol. The second-order valence-corrected chi connectivity index (χ2v) is 9.12. The van der Waals surface area contributed by atoms with Crippen molar-refractivity contribution in [2.24, 2.45) is 0 Å². The first-order chi connectivity index (χ1) is 14.6. The molecule has 0 aliphatic heterocycles. The molecule has 152 valence electrons. The largest absolute Gasteiger partial charge is 0.330 e. The smallest absolute Gasteiger partial charge is 0.255 e. The van der Waals surface area contributed by atoms with Gasteiger partial charge in [-0.1, -0.05) is 36.4 Å². The number of pyridine rings is 1. The molecular weight excluding hydrogens is 392 g/mol. The Labute approximate surface area is 180 Å². The summed E-state index contributed by atoms with van der Waals surface area (Å²) in [5.41, 5.74) is 3.26. The van der Waals surface area contributed by atoms with Crippen LogP contribution in [-0.4, -0.2) is 31.6 Å². The average Bonchev–Trinajstić information content (AvgIpc) is 3.29. The number of thiophene rings is 1. The predicted molar refractivity (Wildman–Crippen MR) is 121 cm³/mol. The van der Waals surface area contributed by atoms with E-state index in [2.05, 4.69) is 30.4 Å². The van der Waals surface area contributed by atoms with Gasteiger partial charge in [-0.3, -0.25) is 4.79 Å². The van der Waals surface area contributed by atoms with Gasteiger partial charge in [0.15, 0.2) is 5.65 Å². The zero-order chi connectivity index (χ0) is 20.7. The van der Waals surface area contributed by atoms with Crippen molar-refractivity contribution < 1.29 is 4.79 Å². The average molecular weight is 417 g/mol. The van der Waals surface area contributed by atoms with E-state index >= 15 is 0 Å². The van der Waals surface area contributed by atoms with Gasteiger partial charge in [-0.25, -0.2) is 9.67 Å². The van der Waals surface area contributed by atoms with Crippen LogP contribution in [-0.2, 0) is 6.54 Å². The standard InChI is InChI=1S/C24H24N4OS/c1-16(2)28-23-21(14-25-28)20(13-22(26-23)17-7-4-3-5-8-17)24(29)27(18-10-11-18)15-19-9-6-12-30-19/h3-9,12-14,16,18H,10-11,15H2,1-2H3. The summed E-state index contributed by atoms with van der Waals surface area (Å²) < 4.78 is 1.90. The summed E-state index contributed by atoms with van der Waals surface area (Å²) in [7, 11) is 0. The lowest BCUT2D eigenvalue weighted by Gasteiger charge is -2.22. The Balaban J connectivity index is 1.64. The molecule has 1 fully saturated rings. The highest BCUT2D eigenvalue weighted by molar-refractivity contribution is 7.09. The molecule has 3 aromatic heterocycles. The Hall–Kier alpha value is -2.99. The Morgan fingerprint density at radius 1 is 1.20 bits per heavy atom. The maximum Gasteiger partial charge on any atom is 0.255 e. The summed E-state index contributed by atoms with van der Waals surface area (Å²) >= 11 is 1.70. The van der Waals surface area contributed by atoms with Gasteiger partial charge in [-0.05, 0) is 44.2 Å². The molecular formula is C24H24N4OS. The van der Waals surface area contributed by atoms with E-state index in [0.29, 0.717) is 18.2 Å². The maximum atomic E-state index is 13.8. The SMILES string of the molecule is CC(C)n1ncc2c(C(=O)N(Cc3cccs3)C3CC3)cc(-c3ccccc3)nc21. The van der Waals surface area contributed by atoms with Crippen LogP contribution in [0, 0.1) is 0 Å². The second kappa shape index (κ2) is 7.69. The van der Waals surface area contributed by atoms with E-state index in [1.54, 1.807) is 17.5 Å². The van der Waals surface area contributed by atoms with Crippen molar-refractivity contribution in [3.8, 4) is 11.3 Å². The number of carbonyl (C=O) groups is 1. The normalized spacial score (nSPS) is 13.8. The van der Waals surface area contributed by atoms with E-state index in [4.69, 9.17) is 4.98 Å². The summed E-state index contributed by atoms with van der Waals surface area (Å²) in [5.74, 6) is 0.0683. The quantitative estimate of drug-likeness (QED) is 0.414. The fraction of sp³-hybridized carbons (Fsp3) is 0.292. The molecule has 0 saturated heterocycles. The number of hydrogen-bond acceptors (Lipinski definition) is 4. The van der Waals surface area contributed by atoms with Gasteiger partial charge in [0, 0.05) is 22.5 Å². The Morgan fingerprint density at radius 3 is 2.67 bits per heavy atom. The molecule has 5 rings (SSSR count). The predicted octanol–water partition coefficient (Wildman–Crippen LogP) is 5.55. The van der Waals surface area contributed by atoms with E-state index in [0.717, 1.165) is 35.1 Å². The van der Waals surface area contributed by atoms with Crippen LogP contribution in [0.15, 0.2) is 60.1 Å². The molecule has 0 atom stereocenters. The van der Waals surface area contributed by atoms with Crippen molar-refractivity contribution in [3.63, 3.8) is 0 Å². The number of carbonyl (C=O) groups excluding carboxylic acids is 1. The molecule has 1 aliphatic rings. The number of benzene rings is 1. The summed E-state index contributed by atoms with van der Waals surface area (Å²) in [6, 6.07) is 16.6. The number of nitrogens with zero attached hydrogens (tertiary/aromatic N) is 4. The van der Waals surface area contributed by atoms with Crippen LogP contribution in [0.25, 0.3) is 22.3 Å². The molecule has 1 saturated carbocycles. The van der Waals surface area contributed by atoms with E-state index in [-0.39, 0.29) is 11.9 Å². The van der Waals surface area contributed by atoms with Gasteiger partial charge >= 0.3 is 0 Å². The molecule has 1 aromatic carbocycles. The first-order valence-corrected chi connectivity index (χ1v) is 11.3. The molecule has 4 aromatic rings. The topological polar surface area (TPSA) is 51.0 Å². The third-order valence-corrected chi connectivity index (χ3v) is 6.37. The van der Waals surface area contributed by atoms with Crippen molar-refractivity contribution in [1.29, 1.82) is 0 Å². The highest BCUT2D eigenvalue weighted by atomic mass is 32.1. The van der Waals surface area contributed by atoms with Gasteiger partial charge in [-0.15, -0.1) is 11.3 Å². The fourth-order valence-electron chi connectivity index (χ4n) is 3.81. The Kier molecular flexibility index (Phi) is 4.87. The van der Waals surface area contributed by atoms with Crippen LogP contribution in [0.2, 0.25) is 0 Å². The third-order valence-electron chi connectivity index (χ3n) is 5.51. The molecule has 0 N–H and O–H groups in total. The van der Waals surface area contributed by atoms with E-state index < -0.39 is 0 Å². The van der Waals surface area contributed by atoms with Gasteiger partial charge in [0.05, 0.1) is 29.4 Å². The molecule has 0 unspecified atom stereocenters. The van der Waals surface area contributed by atoms with Crippen molar-refractivity contribution in [2.75, 3.05) is 0 Å².